The minimum atomic E-state index is -3.56. The lowest BCUT2D eigenvalue weighted by atomic mass is 10.1. The molecule has 144 valence electrons. The van der Waals surface area contributed by atoms with Gasteiger partial charge >= 0.3 is 0 Å². The van der Waals surface area contributed by atoms with E-state index in [1.807, 2.05) is 6.92 Å². The maximum absolute atomic E-state index is 12.8. The van der Waals surface area contributed by atoms with Crippen LogP contribution in [-0.4, -0.2) is 64.1 Å². The number of hydrogen-bond donors (Lipinski definition) is 2. The van der Waals surface area contributed by atoms with Gasteiger partial charge in [0, 0.05) is 18.8 Å². The van der Waals surface area contributed by atoms with Gasteiger partial charge in [0.2, 0.25) is 10.0 Å². The summed E-state index contributed by atoms with van der Waals surface area (Å²) in [4.78, 5) is 14.1. The number of sulfonamides is 1. The zero-order valence-corrected chi connectivity index (χ0v) is 16.1. The fourth-order valence-electron chi connectivity index (χ4n) is 3.55. The Balaban J connectivity index is 1.69. The van der Waals surface area contributed by atoms with Gasteiger partial charge in [-0.25, -0.2) is 8.42 Å². The third kappa shape index (κ3) is 4.43. The molecule has 0 aliphatic carbocycles. The summed E-state index contributed by atoms with van der Waals surface area (Å²) in [6, 6.07) is 6.37. The number of likely N-dealkylation sites (tertiary alicyclic amines) is 1. The molecule has 3 rings (SSSR count). The van der Waals surface area contributed by atoms with Gasteiger partial charge in [-0.3, -0.25) is 4.79 Å². The van der Waals surface area contributed by atoms with E-state index < -0.39 is 10.0 Å². The highest BCUT2D eigenvalue weighted by atomic mass is 32.2. The molecule has 0 saturated carbocycles. The van der Waals surface area contributed by atoms with Crippen molar-refractivity contribution in [1.82, 2.24) is 4.31 Å². The van der Waals surface area contributed by atoms with Crippen molar-refractivity contribution in [1.29, 1.82) is 0 Å². The summed E-state index contributed by atoms with van der Waals surface area (Å²) in [5.74, 6) is -0.0668. The largest absolute Gasteiger partial charge is 0.379 e. The highest BCUT2D eigenvalue weighted by Crippen LogP contribution is 2.20. The Labute approximate surface area is 155 Å². The molecule has 0 spiro atoms. The first-order chi connectivity index (χ1) is 12.5. The average molecular weight is 383 g/mol. The molecular formula is C18H28N3O4S+. The van der Waals surface area contributed by atoms with E-state index >= 15 is 0 Å². The normalized spacial score (nSPS) is 21.3. The van der Waals surface area contributed by atoms with Crippen LogP contribution in [0.15, 0.2) is 29.2 Å². The minimum Gasteiger partial charge on any atom is -0.379 e. The van der Waals surface area contributed by atoms with Crippen LogP contribution in [0.3, 0.4) is 0 Å². The maximum Gasteiger partial charge on any atom is 0.282 e. The van der Waals surface area contributed by atoms with E-state index in [2.05, 4.69) is 5.32 Å². The molecule has 2 fully saturated rings. The SMILES string of the molecule is C[C@@H](C(=O)Nc1cccc(S(=O)(=O)N2CCOCC2)c1)[NH+]1CCCCC1. The number of nitrogens with one attached hydrogen (secondary N) is 2. The molecule has 2 N–H and O–H groups in total. The van der Waals surface area contributed by atoms with Crippen LogP contribution in [0.5, 0.6) is 0 Å². The first kappa shape index (κ1) is 19.3. The van der Waals surface area contributed by atoms with Crippen LogP contribution >= 0.6 is 0 Å². The smallest absolute Gasteiger partial charge is 0.282 e. The Hall–Kier alpha value is -1.48. The second-order valence-electron chi connectivity index (χ2n) is 6.97. The van der Waals surface area contributed by atoms with Crippen LogP contribution in [0.2, 0.25) is 0 Å². The van der Waals surface area contributed by atoms with Gasteiger partial charge < -0.3 is 15.0 Å². The monoisotopic (exact) mass is 382 g/mol. The van der Waals surface area contributed by atoms with E-state index in [1.54, 1.807) is 24.3 Å². The molecule has 2 aliphatic heterocycles. The molecule has 0 radical (unpaired) electrons. The van der Waals surface area contributed by atoms with Gasteiger partial charge in [0.05, 0.1) is 31.2 Å². The summed E-state index contributed by atoms with van der Waals surface area (Å²) in [7, 11) is -3.56. The molecule has 7 nitrogen and oxygen atoms in total. The second-order valence-corrected chi connectivity index (χ2v) is 8.91. The van der Waals surface area contributed by atoms with Crippen molar-refractivity contribution < 1.29 is 22.8 Å². The molecular weight excluding hydrogens is 354 g/mol. The number of anilines is 1. The van der Waals surface area contributed by atoms with Crippen molar-refractivity contribution in [3.63, 3.8) is 0 Å². The van der Waals surface area contributed by atoms with Gasteiger partial charge in [0.15, 0.2) is 6.04 Å². The first-order valence-corrected chi connectivity index (χ1v) is 10.8. The lowest BCUT2D eigenvalue weighted by molar-refractivity contribution is -0.918. The van der Waals surface area contributed by atoms with E-state index in [4.69, 9.17) is 4.74 Å². The third-order valence-electron chi connectivity index (χ3n) is 5.21. The molecule has 1 aromatic rings. The summed E-state index contributed by atoms with van der Waals surface area (Å²) < 4.78 is 32.2. The highest BCUT2D eigenvalue weighted by molar-refractivity contribution is 7.89. The summed E-state index contributed by atoms with van der Waals surface area (Å²) in [5, 5.41) is 2.89. The predicted molar refractivity (Wildman–Crippen MR) is 98.7 cm³/mol. The number of carbonyl (C=O) groups is 1. The summed E-state index contributed by atoms with van der Waals surface area (Å²) >= 11 is 0. The lowest BCUT2D eigenvalue weighted by Gasteiger charge is -2.28. The van der Waals surface area contributed by atoms with E-state index in [9.17, 15) is 13.2 Å². The molecule has 1 aromatic carbocycles. The number of morpholine rings is 1. The molecule has 2 saturated heterocycles. The van der Waals surface area contributed by atoms with Crippen molar-refractivity contribution in [2.45, 2.75) is 37.1 Å². The van der Waals surface area contributed by atoms with Gasteiger partial charge in [-0.2, -0.15) is 4.31 Å². The van der Waals surface area contributed by atoms with Crippen molar-refractivity contribution in [3.05, 3.63) is 24.3 Å². The predicted octanol–water partition coefficient (Wildman–Crippen LogP) is 0.103. The Morgan fingerprint density at radius 1 is 1.19 bits per heavy atom. The molecule has 0 bridgehead atoms. The van der Waals surface area contributed by atoms with Gasteiger partial charge in [-0.15, -0.1) is 0 Å². The Kier molecular flexibility index (Phi) is 6.29. The standard InChI is InChI=1S/C18H27N3O4S/c1-15(20-8-3-2-4-9-20)18(22)19-16-6-5-7-17(14-16)26(23,24)21-10-12-25-13-11-21/h5-7,14-15H,2-4,8-13H2,1H3,(H,19,22)/p+1/t15-/m0/s1. The number of nitrogens with zero attached hydrogens (tertiary/aromatic N) is 1. The quantitative estimate of drug-likeness (QED) is 0.757. The van der Waals surface area contributed by atoms with Crippen LogP contribution in [0.1, 0.15) is 26.2 Å². The topological polar surface area (TPSA) is 80.2 Å². The summed E-state index contributed by atoms with van der Waals surface area (Å²) in [5.41, 5.74) is 0.521. The number of ether oxygens (including phenoxy) is 1. The first-order valence-electron chi connectivity index (χ1n) is 9.32. The van der Waals surface area contributed by atoms with Crippen molar-refractivity contribution in [2.24, 2.45) is 0 Å². The number of piperidine rings is 1. The van der Waals surface area contributed by atoms with Crippen LogP contribution in [0, 0.1) is 0 Å². The molecule has 0 aromatic heterocycles. The molecule has 1 atom stereocenters. The fraction of sp³-hybridized carbons (Fsp3) is 0.611. The number of quaternary nitrogens is 1. The Bertz CT molecular complexity index is 726. The molecule has 2 aliphatic rings. The molecule has 0 unspecified atom stereocenters. The third-order valence-corrected chi connectivity index (χ3v) is 7.11. The average Bonchev–Trinajstić information content (AvgIpc) is 2.69. The molecule has 8 heteroatoms. The summed E-state index contributed by atoms with van der Waals surface area (Å²) in [6.45, 7) is 5.49. The number of rotatable bonds is 5. The molecule has 1 amide bonds. The van der Waals surface area contributed by atoms with Crippen molar-refractivity contribution in [2.75, 3.05) is 44.7 Å². The van der Waals surface area contributed by atoms with Crippen LogP contribution in [0.4, 0.5) is 5.69 Å². The van der Waals surface area contributed by atoms with Gasteiger partial charge in [-0.1, -0.05) is 6.07 Å². The maximum atomic E-state index is 12.8. The van der Waals surface area contributed by atoms with Gasteiger partial charge in [0.1, 0.15) is 0 Å². The number of hydrogen-bond acceptors (Lipinski definition) is 4. The van der Waals surface area contributed by atoms with Crippen LogP contribution < -0.4 is 10.2 Å². The van der Waals surface area contributed by atoms with Crippen molar-refractivity contribution >= 4 is 21.6 Å². The number of carbonyl (C=O) groups excluding carboxylic acids is 1. The van der Waals surface area contributed by atoms with E-state index in [-0.39, 0.29) is 16.8 Å². The van der Waals surface area contributed by atoms with Gasteiger partial charge in [-0.05, 0) is 44.4 Å². The lowest BCUT2D eigenvalue weighted by Crippen LogP contribution is -3.17. The number of benzene rings is 1. The zero-order valence-electron chi connectivity index (χ0n) is 15.2. The van der Waals surface area contributed by atoms with Gasteiger partial charge in [0.25, 0.3) is 5.91 Å². The van der Waals surface area contributed by atoms with E-state index in [0.717, 1.165) is 25.9 Å². The Morgan fingerprint density at radius 2 is 1.88 bits per heavy atom. The highest BCUT2D eigenvalue weighted by Gasteiger charge is 2.28. The summed E-state index contributed by atoms with van der Waals surface area (Å²) in [6.07, 6.45) is 3.54. The Morgan fingerprint density at radius 3 is 2.58 bits per heavy atom. The zero-order chi connectivity index (χ0) is 18.6. The van der Waals surface area contributed by atoms with Crippen LogP contribution in [-0.2, 0) is 19.6 Å². The molecule has 26 heavy (non-hydrogen) atoms. The fourth-order valence-corrected chi connectivity index (χ4v) is 5.00. The number of amides is 1. The van der Waals surface area contributed by atoms with Crippen molar-refractivity contribution in [3.8, 4) is 0 Å². The van der Waals surface area contributed by atoms with Crippen LogP contribution in [0.25, 0.3) is 0 Å². The van der Waals surface area contributed by atoms with E-state index in [1.165, 1.54) is 15.6 Å². The minimum absolute atomic E-state index is 0.0668. The molecule has 2 heterocycles. The van der Waals surface area contributed by atoms with E-state index in [0.29, 0.717) is 32.0 Å². The second kappa shape index (κ2) is 8.47.